The molecule has 1 unspecified atom stereocenters. The molecule has 156 valence electrons. The Balaban J connectivity index is 1.67. The minimum atomic E-state index is -3.75. The standard InChI is InChI=1S/C18H22F2N6O2S/c1-2-10-6-7-12-15(10)22-13-5-3-4-11(13)16(12)23-18(27)25-29(21,28)14-8-9-26(24-14)17(19)20/h8-10,17H,2-7H2,1H3,(H3,21,22,23,25,27,28)/t10?,29-/m0/s1. The van der Waals surface area contributed by atoms with Gasteiger partial charge in [0, 0.05) is 23.5 Å². The first-order valence-corrected chi connectivity index (χ1v) is 11.1. The van der Waals surface area contributed by atoms with Crippen molar-refractivity contribution in [2.24, 2.45) is 9.50 Å². The molecular formula is C18H22F2N6O2S. The second-order valence-corrected chi connectivity index (χ2v) is 9.01. The summed E-state index contributed by atoms with van der Waals surface area (Å²) in [6, 6.07) is 0.186. The molecule has 0 saturated carbocycles. The van der Waals surface area contributed by atoms with Crippen LogP contribution in [0.1, 0.15) is 61.2 Å². The van der Waals surface area contributed by atoms with E-state index < -0.39 is 22.5 Å². The minimum absolute atomic E-state index is 0.308. The van der Waals surface area contributed by atoms with E-state index >= 15 is 0 Å². The quantitative estimate of drug-likeness (QED) is 0.781. The summed E-state index contributed by atoms with van der Waals surface area (Å²) in [4.78, 5) is 17.4. The average molecular weight is 424 g/mol. The number of nitrogens with two attached hydrogens (primary N) is 1. The highest BCUT2D eigenvalue weighted by Gasteiger charge is 2.31. The van der Waals surface area contributed by atoms with Crippen LogP contribution in [-0.4, -0.2) is 25.0 Å². The van der Waals surface area contributed by atoms with E-state index in [1.54, 1.807) is 0 Å². The van der Waals surface area contributed by atoms with E-state index in [1.165, 1.54) is 0 Å². The Morgan fingerprint density at radius 3 is 2.90 bits per heavy atom. The van der Waals surface area contributed by atoms with Gasteiger partial charge in [0.1, 0.15) is 0 Å². The number of anilines is 1. The number of aromatic nitrogens is 3. The summed E-state index contributed by atoms with van der Waals surface area (Å²) in [6.07, 6.45) is 6.31. The zero-order valence-electron chi connectivity index (χ0n) is 15.9. The van der Waals surface area contributed by atoms with Crippen molar-refractivity contribution in [1.29, 1.82) is 0 Å². The molecule has 0 aromatic carbocycles. The summed E-state index contributed by atoms with van der Waals surface area (Å²) in [6.45, 7) is -0.786. The van der Waals surface area contributed by atoms with Crippen molar-refractivity contribution >= 4 is 21.6 Å². The van der Waals surface area contributed by atoms with Crippen molar-refractivity contribution in [1.82, 2.24) is 14.8 Å². The van der Waals surface area contributed by atoms with Crippen LogP contribution in [0.3, 0.4) is 0 Å². The Morgan fingerprint density at radius 2 is 2.21 bits per heavy atom. The molecule has 0 saturated heterocycles. The third kappa shape index (κ3) is 3.64. The van der Waals surface area contributed by atoms with Crippen LogP contribution in [0.25, 0.3) is 0 Å². The molecule has 0 radical (unpaired) electrons. The first-order chi connectivity index (χ1) is 13.8. The van der Waals surface area contributed by atoms with E-state index in [9.17, 15) is 17.8 Å². The van der Waals surface area contributed by atoms with E-state index in [2.05, 4.69) is 21.7 Å². The van der Waals surface area contributed by atoms with Gasteiger partial charge in [-0.25, -0.2) is 18.8 Å². The van der Waals surface area contributed by atoms with Crippen LogP contribution in [0, 0.1) is 0 Å². The summed E-state index contributed by atoms with van der Waals surface area (Å²) >= 11 is 0. The molecule has 2 aliphatic carbocycles. The second-order valence-electron chi connectivity index (χ2n) is 7.27. The number of halogens is 2. The number of amides is 2. The number of aryl methyl sites for hydroxylation is 1. The van der Waals surface area contributed by atoms with Gasteiger partial charge < -0.3 is 5.32 Å². The van der Waals surface area contributed by atoms with Crippen molar-refractivity contribution in [2.75, 3.05) is 5.32 Å². The first-order valence-electron chi connectivity index (χ1n) is 9.54. The van der Waals surface area contributed by atoms with E-state index in [1.807, 2.05) is 0 Å². The lowest BCUT2D eigenvalue weighted by Gasteiger charge is -2.16. The number of rotatable bonds is 4. The predicted octanol–water partition coefficient (Wildman–Crippen LogP) is 3.53. The summed E-state index contributed by atoms with van der Waals surface area (Å²) in [5.74, 6) is 0.362. The summed E-state index contributed by atoms with van der Waals surface area (Å²) in [7, 11) is -3.75. The van der Waals surface area contributed by atoms with Gasteiger partial charge in [-0.05, 0) is 55.7 Å². The highest BCUT2D eigenvalue weighted by atomic mass is 32.2. The Morgan fingerprint density at radius 1 is 1.41 bits per heavy atom. The fourth-order valence-corrected chi connectivity index (χ4v) is 4.98. The molecule has 0 bridgehead atoms. The van der Waals surface area contributed by atoms with E-state index in [-0.39, 0.29) is 5.03 Å². The van der Waals surface area contributed by atoms with Gasteiger partial charge in [0.2, 0.25) is 0 Å². The lowest BCUT2D eigenvalue weighted by molar-refractivity contribution is 0.0554. The van der Waals surface area contributed by atoms with Crippen molar-refractivity contribution in [3.63, 3.8) is 0 Å². The molecule has 2 aromatic heterocycles. The van der Waals surface area contributed by atoms with Crippen LogP contribution in [0.5, 0.6) is 0 Å². The molecule has 2 amide bonds. The topological polar surface area (TPSA) is 115 Å². The average Bonchev–Trinajstić information content (AvgIpc) is 3.39. The molecule has 2 aromatic rings. The zero-order valence-corrected chi connectivity index (χ0v) is 16.7. The van der Waals surface area contributed by atoms with Gasteiger partial charge in [0.05, 0.1) is 5.69 Å². The second kappa shape index (κ2) is 7.45. The number of nitrogens with zero attached hydrogens (tertiary/aromatic N) is 4. The highest BCUT2D eigenvalue weighted by molar-refractivity contribution is 7.91. The third-order valence-corrected chi connectivity index (χ3v) is 6.77. The molecule has 2 atom stereocenters. The molecule has 2 aliphatic rings. The lowest BCUT2D eigenvalue weighted by atomic mass is 10.0. The van der Waals surface area contributed by atoms with Crippen LogP contribution in [0.15, 0.2) is 21.7 Å². The number of carbonyl (C=O) groups is 1. The largest absolute Gasteiger partial charge is 0.354 e. The number of pyridine rings is 1. The van der Waals surface area contributed by atoms with Crippen LogP contribution < -0.4 is 10.5 Å². The molecule has 3 N–H and O–H groups in total. The molecule has 0 fully saturated rings. The smallest absolute Gasteiger partial charge is 0.305 e. The van der Waals surface area contributed by atoms with Crippen LogP contribution >= 0.6 is 0 Å². The maximum Gasteiger partial charge on any atom is 0.354 e. The van der Waals surface area contributed by atoms with Crippen LogP contribution in [-0.2, 0) is 29.2 Å². The van der Waals surface area contributed by atoms with E-state index in [0.717, 1.165) is 73.3 Å². The molecule has 2 heterocycles. The molecular weight excluding hydrogens is 402 g/mol. The van der Waals surface area contributed by atoms with Gasteiger partial charge in [-0.2, -0.15) is 13.9 Å². The fraction of sp³-hybridized carbons (Fsp3) is 0.500. The number of fused-ring (bicyclic) bond motifs is 2. The molecule has 0 aliphatic heterocycles. The first kappa shape index (κ1) is 19.9. The van der Waals surface area contributed by atoms with Crippen molar-refractivity contribution in [2.45, 2.75) is 62.9 Å². The Bertz CT molecular complexity index is 1090. The number of hydrogen-bond donors (Lipinski definition) is 2. The van der Waals surface area contributed by atoms with Crippen molar-refractivity contribution < 1.29 is 17.8 Å². The Hall–Kier alpha value is -2.40. The SMILES string of the molecule is CCC1CCc2c1nc1c(c2NC(=O)N=[S@](N)(=O)c2ccn(C(F)F)n2)CCC1. The highest BCUT2D eigenvalue weighted by Crippen LogP contribution is 2.42. The van der Waals surface area contributed by atoms with Crippen LogP contribution in [0.2, 0.25) is 0 Å². The van der Waals surface area contributed by atoms with E-state index in [0.29, 0.717) is 16.3 Å². The summed E-state index contributed by atoms with van der Waals surface area (Å²) < 4.78 is 41.8. The fourth-order valence-electron chi connectivity index (χ4n) is 4.12. The molecule has 0 spiro atoms. The van der Waals surface area contributed by atoms with Crippen molar-refractivity contribution in [3.05, 3.63) is 34.8 Å². The van der Waals surface area contributed by atoms with Gasteiger partial charge in [0.15, 0.2) is 14.9 Å². The summed E-state index contributed by atoms with van der Waals surface area (Å²) in [5, 5.41) is 11.5. The molecule has 29 heavy (non-hydrogen) atoms. The third-order valence-electron chi connectivity index (χ3n) is 5.51. The minimum Gasteiger partial charge on any atom is -0.305 e. The van der Waals surface area contributed by atoms with E-state index in [4.69, 9.17) is 10.1 Å². The van der Waals surface area contributed by atoms with Gasteiger partial charge in [0.25, 0.3) is 0 Å². The number of urea groups is 1. The van der Waals surface area contributed by atoms with Gasteiger partial charge in [-0.1, -0.05) is 6.92 Å². The monoisotopic (exact) mass is 424 g/mol. The Kier molecular flexibility index (Phi) is 5.11. The van der Waals surface area contributed by atoms with Gasteiger partial charge in [-0.15, -0.1) is 4.36 Å². The van der Waals surface area contributed by atoms with Gasteiger partial charge in [-0.3, -0.25) is 4.98 Å². The lowest BCUT2D eigenvalue weighted by Crippen LogP contribution is -2.20. The number of alkyl halides is 2. The number of nitrogens with one attached hydrogen (secondary N) is 1. The van der Waals surface area contributed by atoms with Crippen molar-refractivity contribution in [3.8, 4) is 0 Å². The number of carbonyl (C=O) groups excluding carboxylic acids is 1. The van der Waals surface area contributed by atoms with Crippen LogP contribution in [0.4, 0.5) is 19.3 Å². The maximum atomic E-state index is 12.7. The molecule has 4 rings (SSSR count). The molecule has 11 heteroatoms. The number of hydrogen-bond acceptors (Lipinski definition) is 4. The Labute approximate surface area is 167 Å². The normalized spacial score (nSPS) is 19.7. The zero-order chi connectivity index (χ0) is 20.8. The summed E-state index contributed by atoms with van der Waals surface area (Å²) in [5.41, 5.74) is 4.71. The molecule has 8 nitrogen and oxygen atoms in total. The maximum absolute atomic E-state index is 12.7. The van der Waals surface area contributed by atoms with Gasteiger partial charge >= 0.3 is 12.6 Å². The predicted molar refractivity (Wildman–Crippen MR) is 103 cm³/mol.